The van der Waals surface area contributed by atoms with Gasteiger partial charge in [-0.15, -0.1) is 0 Å². The highest BCUT2D eigenvalue weighted by Crippen LogP contribution is 2.18. The van der Waals surface area contributed by atoms with Crippen LogP contribution in [0.1, 0.15) is 18.4 Å². The minimum absolute atomic E-state index is 0.0664. The predicted octanol–water partition coefficient (Wildman–Crippen LogP) is 1.73. The van der Waals surface area contributed by atoms with Crippen molar-refractivity contribution >= 4 is 17.7 Å². The summed E-state index contributed by atoms with van der Waals surface area (Å²) in [5, 5.41) is 12.1. The number of carbonyl (C=O) groups is 1. The fourth-order valence-corrected chi connectivity index (χ4v) is 3.03. The smallest absolute Gasteiger partial charge is 0.262 e. The molecule has 0 radical (unpaired) electrons. The van der Waals surface area contributed by atoms with E-state index < -0.39 is 0 Å². The van der Waals surface area contributed by atoms with Crippen LogP contribution in [0.2, 0.25) is 0 Å². The summed E-state index contributed by atoms with van der Waals surface area (Å²) in [6.07, 6.45) is 3.66. The molecule has 0 saturated carbocycles. The maximum Gasteiger partial charge on any atom is 0.262 e. The Kier molecular flexibility index (Phi) is 6.04. The summed E-state index contributed by atoms with van der Waals surface area (Å²) in [6, 6.07) is 9.86. The Morgan fingerprint density at radius 2 is 2.04 bits per heavy atom. The second kappa shape index (κ2) is 8.65. The van der Waals surface area contributed by atoms with Crippen LogP contribution in [-0.4, -0.2) is 51.5 Å². The molecule has 2 saturated heterocycles. The van der Waals surface area contributed by atoms with E-state index in [9.17, 15) is 10.1 Å². The standard InChI is InChI=1S/C19H23N3O3/c20-13-16(19(23)21-14-18-2-1-9-25-18)12-15-3-5-17(6-4-15)22-7-10-24-11-8-22/h3-6,12,18H,1-2,7-11,14H2,(H,21,23)/b16-12+/t18-/m0/s1. The molecule has 0 aliphatic carbocycles. The van der Waals surface area contributed by atoms with Crippen LogP contribution >= 0.6 is 0 Å². The third-order valence-corrected chi connectivity index (χ3v) is 4.46. The minimum Gasteiger partial charge on any atom is -0.378 e. The number of hydrogen-bond acceptors (Lipinski definition) is 5. The number of nitrogens with zero attached hydrogens (tertiary/aromatic N) is 2. The largest absolute Gasteiger partial charge is 0.378 e. The third-order valence-electron chi connectivity index (χ3n) is 4.46. The number of nitriles is 1. The molecule has 1 aromatic carbocycles. The lowest BCUT2D eigenvalue weighted by Crippen LogP contribution is -2.36. The highest BCUT2D eigenvalue weighted by molar-refractivity contribution is 6.01. The lowest BCUT2D eigenvalue weighted by atomic mass is 10.1. The Labute approximate surface area is 148 Å². The van der Waals surface area contributed by atoms with Gasteiger partial charge in [-0.2, -0.15) is 5.26 Å². The summed E-state index contributed by atoms with van der Waals surface area (Å²) in [5.41, 5.74) is 2.07. The first kappa shape index (κ1) is 17.5. The van der Waals surface area contributed by atoms with E-state index in [1.165, 1.54) is 0 Å². The molecule has 0 aromatic heterocycles. The number of amides is 1. The molecule has 2 aliphatic rings. The number of carbonyl (C=O) groups excluding carboxylic acids is 1. The van der Waals surface area contributed by atoms with E-state index in [-0.39, 0.29) is 17.6 Å². The molecule has 2 aliphatic heterocycles. The van der Waals surface area contributed by atoms with Crippen molar-refractivity contribution in [1.82, 2.24) is 5.32 Å². The van der Waals surface area contributed by atoms with Crippen molar-refractivity contribution < 1.29 is 14.3 Å². The Hall–Kier alpha value is -2.36. The Bertz CT molecular complexity index is 651. The van der Waals surface area contributed by atoms with E-state index in [1.54, 1.807) is 6.08 Å². The molecule has 2 fully saturated rings. The van der Waals surface area contributed by atoms with Gasteiger partial charge in [0.05, 0.1) is 19.3 Å². The highest BCUT2D eigenvalue weighted by atomic mass is 16.5. The van der Waals surface area contributed by atoms with Gasteiger partial charge >= 0.3 is 0 Å². The Balaban J connectivity index is 1.60. The molecular weight excluding hydrogens is 318 g/mol. The molecule has 6 heteroatoms. The topological polar surface area (TPSA) is 74.6 Å². The van der Waals surface area contributed by atoms with Crippen LogP contribution < -0.4 is 10.2 Å². The van der Waals surface area contributed by atoms with Gasteiger partial charge in [0.15, 0.2) is 0 Å². The fourth-order valence-electron chi connectivity index (χ4n) is 3.03. The van der Waals surface area contributed by atoms with Crippen molar-refractivity contribution in [2.45, 2.75) is 18.9 Å². The van der Waals surface area contributed by atoms with E-state index >= 15 is 0 Å². The molecule has 0 unspecified atom stereocenters. The molecule has 2 heterocycles. The lowest BCUT2D eigenvalue weighted by molar-refractivity contribution is -0.117. The Morgan fingerprint density at radius 1 is 1.28 bits per heavy atom. The monoisotopic (exact) mass is 341 g/mol. The first-order valence-corrected chi connectivity index (χ1v) is 8.70. The molecular formula is C19H23N3O3. The van der Waals surface area contributed by atoms with Crippen molar-refractivity contribution in [2.75, 3.05) is 44.4 Å². The van der Waals surface area contributed by atoms with Crippen LogP contribution in [0.25, 0.3) is 6.08 Å². The first-order chi connectivity index (χ1) is 12.3. The number of hydrogen-bond donors (Lipinski definition) is 1. The summed E-state index contributed by atoms with van der Waals surface area (Å²) < 4.78 is 10.8. The maximum absolute atomic E-state index is 12.2. The molecule has 1 aromatic rings. The summed E-state index contributed by atoms with van der Waals surface area (Å²) in [5.74, 6) is -0.352. The van der Waals surface area contributed by atoms with Gasteiger partial charge in [-0.05, 0) is 36.6 Å². The van der Waals surface area contributed by atoms with E-state index in [2.05, 4.69) is 10.2 Å². The van der Waals surface area contributed by atoms with Crippen molar-refractivity contribution in [3.63, 3.8) is 0 Å². The van der Waals surface area contributed by atoms with Crippen LogP contribution in [0, 0.1) is 11.3 Å². The number of rotatable bonds is 5. The average Bonchev–Trinajstić information content (AvgIpc) is 3.19. The minimum atomic E-state index is -0.352. The van der Waals surface area contributed by atoms with Crippen LogP contribution in [0.5, 0.6) is 0 Å². The van der Waals surface area contributed by atoms with Crippen LogP contribution in [0.3, 0.4) is 0 Å². The van der Waals surface area contributed by atoms with Crippen LogP contribution in [0.15, 0.2) is 29.8 Å². The van der Waals surface area contributed by atoms with Crippen LogP contribution in [-0.2, 0) is 14.3 Å². The van der Waals surface area contributed by atoms with E-state index in [1.807, 2.05) is 30.3 Å². The van der Waals surface area contributed by atoms with E-state index in [0.29, 0.717) is 6.54 Å². The molecule has 1 atom stereocenters. The van der Waals surface area contributed by atoms with Gasteiger partial charge in [0.25, 0.3) is 5.91 Å². The second-order valence-corrected chi connectivity index (χ2v) is 6.21. The number of ether oxygens (including phenoxy) is 2. The van der Waals surface area contributed by atoms with Crippen molar-refractivity contribution in [2.24, 2.45) is 0 Å². The third kappa shape index (κ3) is 4.81. The molecule has 0 bridgehead atoms. The second-order valence-electron chi connectivity index (χ2n) is 6.21. The van der Waals surface area contributed by atoms with E-state index in [4.69, 9.17) is 9.47 Å². The van der Waals surface area contributed by atoms with Crippen molar-refractivity contribution in [1.29, 1.82) is 5.26 Å². The molecule has 3 rings (SSSR count). The van der Waals surface area contributed by atoms with Gasteiger partial charge in [-0.3, -0.25) is 4.79 Å². The first-order valence-electron chi connectivity index (χ1n) is 8.70. The fraction of sp³-hybridized carbons (Fsp3) is 0.474. The molecule has 1 N–H and O–H groups in total. The predicted molar refractivity (Wildman–Crippen MR) is 95.0 cm³/mol. The van der Waals surface area contributed by atoms with Crippen LogP contribution in [0.4, 0.5) is 5.69 Å². The number of benzene rings is 1. The zero-order valence-electron chi connectivity index (χ0n) is 14.2. The van der Waals surface area contributed by atoms with Gasteiger partial charge in [-0.1, -0.05) is 12.1 Å². The highest BCUT2D eigenvalue weighted by Gasteiger charge is 2.17. The summed E-state index contributed by atoms with van der Waals surface area (Å²) in [7, 11) is 0. The lowest BCUT2D eigenvalue weighted by Gasteiger charge is -2.28. The normalized spacial score (nSPS) is 21.0. The van der Waals surface area contributed by atoms with Gasteiger partial charge < -0.3 is 19.7 Å². The van der Waals surface area contributed by atoms with Gasteiger partial charge in [-0.25, -0.2) is 0 Å². The number of anilines is 1. The zero-order chi connectivity index (χ0) is 17.5. The number of nitrogens with one attached hydrogen (secondary N) is 1. The van der Waals surface area contributed by atoms with Gasteiger partial charge in [0.1, 0.15) is 11.6 Å². The summed E-state index contributed by atoms with van der Waals surface area (Å²) in [6.45, 7) is 4.44. The maximum atomic E-state index is 12.2. The van der Waals surface area contributed by atoms with Crippen molar-refractivity contribution in [3.05, 3.63) is 35.4 Å². The summed E-state index contributed by atoms with van der Waals surface area (Å²) in [4.78, 5) is 14.4. The quantitative estimate of drug-likeness (QED) is 0.652. The Morgan fingerprint density at radius 3 is 2.68 bits per heavy atom. The van der Waals surface area contributed by atoms with Gasteiger partial charge in [0.2, 0.25) is 0 Å². The van der Waals surface area contributed by atoms with E-state index in [0.717, 1.165) is 57.0 Å². The zero-order valence-corrected chi connectivity index (χ0v) is 14.2. The molecule has 132 valence electrons. The molecule has 25 heavy (non-hydrogen) atoms. The number of morpholine rings is 1. The summed E-state index contributed by atoms with van der Waals surface area (Å²) >= 11 is 0. The van der Waals surface area contributed by atoms with Crippen molar-refractivity contribution in [3.8, 4) is 6.07 Å². The van der Waals surface area contributed by atoms with Gasteiger partial charge in [0, 0.05) is 31.9 Å². The average molecular weight is 341 g/mol. The molecule has 6 nitrogen and oxygen atoms in total. The SMILES string of the molecule is N#C/C(=C\c1ccc(N2CCOCC2)cc1)C(=O)NC[C@@H]1CCCO1. The molecule has 0 spiro atoms. The molecule has 1 amide bonds.